The zero-order chi connectivity index (χ0) is 18.6. The second-order valence-electron chi connectivity index (χ2n) is 9.76. The summed E-state index contributed by atoms with van der Waals surface area (Å²) in [5.74, 6) is 1.58. The molecule has 0 bridgehead atoms. The van der Waals surface area contributed by atoms with Crippen molar-refractivity contribution in [2.45, 2.75) is 90.9 Å². The van der Waals surface area contributed by atoms with Gasteiger partial charge >= 0.3 is 0 Å². The number of hydrogen-bond acceptors (Lipinski definition) is 1. The summed E-state index contributed by atoms with van der Waals surface area (Å²) >= 11 is 0. The van der Waals surface area contributed by atoms with E-state index >= 15 is 0 Å². The first-order chi connectivity index (χ1) is 12.3. The monoisotopic (exact) mass is 398 g/mol. The number of benzene rings is 1. The zero-order valence-corrected chi connectivity index (χ0v) is 19.3. The van der Waals surface area contributed by atoms with E-state index in [4.69, 9.17) is 0 Å². The molecule has 3 aliphatic rings. The van der Waals surface area contributed by atoms with Crippen molar-refractivity contribution in [2.75, 3.05) is 0 Å². The molecule has 0 saturated carbocycles. The number of phenolic OH excluding ortho intramolecular Hbond substituents is 1. The first kappa shape index (κ1) is 20.9. The normalized spacial score (nSPS) is 24.9. The molecule has 2 unspecified atom stereocenters. The van der Waals surface area contributed by atoms with Crippen LogP contribution in [-0.4, -0.2) is 5.11 Å². The Morgan fingerprint density at radius 3 is 2.33 bits per heavy atom. The van der Waals surface area contributed by atoms with Gasteiger partial charge in [0.15, 0.2) is 0 Å². The number of allylic oxidation sites excluding steroid dienone is 4. The van der Waals surface area contributed by atoms with E-state index in [0.717, 1.165) is 5.56 Å². The van der Waals surface area contributed by atoms with Gasteiger partial charge in [0.1, 0.15) is 5.75 Å². The summed E-state index contributed by atoms with van der Waals surface area (Å²) in [6.07, 6.45) is 11.5. The molecule has 0 heterocycles. The summed E-state index contributed by atoms with van der Waals surface area (Å²) in [6.45, 7) is 11.1. The predicted octanol–water partition coefficient (Wildman–Crippen LogP) is 7.00. The Morgan fingerprint density at radius 2 is 1.67 bits per heavy atom. The van der Waals surface area contributed by atoms with Gasteiger partial charge in [-0.05, 0) is 80.9 Å². The average molecular weight is 398 g/mol. The summed E-state index contributed by atoms with van der Waals surface area (Å²) < 4.78 is 0. The maximum absolute atomic E-state index is 11.4. The molecule has 3 aliphatic carbocycles. The summed E-state index contributed by atoms with van der Waals surface area (Å²) in [4.78, 5) is 0. The molecule has 1 aromatic carbocycles. The fraction of sp³-hybridized carbons (Fsp3) is 0.600. The van der Waals surface area contributed by atoms with Gasteiger partial charge in [-0.15, -0.1) is 0 Å². The van der Waals surface area contributed by atoms with Crippen LogP contribution in [0.3, 0.4) is 0 Å². The van der Waals surface area contributed by atoms with Crippen LogP contribution in [0.25, 0.3) is 0 Å². The molecule has 0 radical (unpaired) electrons. The molecular weight excluding hydrogens is 364 g/mol. The van der Waals surface area contributed by atoms with Gasteiger partial charge < -0.3 is 5.11 Å². The fourth-order valence-corrected chi connectivity index (χ4v) is 5.67. The maximum Gasteiger partial charge on any atom is 0.123 e. The van der Waals surface area contributed by atoms with Crippen molar-refractivity contribution >= 4 is 0 Å². The molecule has 2 heteroatoms. The van der Waals surface area contributed by atoms with Crippen LogP contribution in [0.2, 0.25) is 0 Å². The third-order valence-electron chi connectivity index (χ3n) is 7.10. The molecule has 1 N–H and O–H groups in total. The molecule has 144 valence electrons. The molecular formula is C25H34OTi. The van der Waals surface area contributed by atoms with Crippen molar-refractivity contribution in [1.82, 2.24) is 0 Å². The molecule has 0 amide bonds. The van der Waals surface area contributed by atoms with Gasteiger partial charge in [0.2, 0.25) is 0 Å². The number of rotatable bonds is 1. The van der Waals surface area contributed by atoms with Crippen molar-refractivity contribution in [1.29, 1.82) is 0 Å². The molecule has 27 heavy (non-hydrogen) atoms. The molecule has 0 aliphatic heterocycles. The number of phenols is 1. The van der Waals surface area contributed by atoms with Crippen LogP contribution in [0.15, 0.2) is 28.9 Å². The standard InChI is InChI=1S/C25H34O.Ti/c1-15-14-21(25(3,4)5)24(26)22(16(15)2)23-19-12-8-6-10-17(19)18-11-7-9-13-20(18)23;/h12,14,17,23,26H,6-11,13H2,1-5H3;. The van der Waals surface area contributed by atoms with Crippen LogP contribution in [0.5, 0.6) is 5.75 Å². The largest absolute Gasteiger partial charge is 0.507 e. The Bertz CT molecular complexity index is 807. The summed E-state index contributed by atoms with van der Waals surface area (Å²) in [6, 6.07) is 2.21. The van der Waals surface area contributed by atoms with Crippen molar-refractivity contribution in [3.8, 4) is 5.75 Å². The van der Waals surface area contributed by atoms with E-state index in [1.807, 2.05) is 0 Å². The van der Waals surface area contributed by atoms with Gasteiger partial charge in [-0.25, -0.2) is 0 Å². The van der Waals surface area contributed by atoms with Crippen molar-refractivity contribution in [2.24, 2.45) is 5.92 Å². The van der Waals surface area contributed by atoms with Crippen molar-refractivity contribution < 1.29 is 26.8 Å². The van der Waals surface area contributed by atoms with Gasteiger partial charge in [0.25, 0.3) is 0 Å². The van der Waals surface area contributed by atoms with Gasteiger partial charge in [-0.3, -0.25) is 0 Å². The smallest absolute Gasteiger partial charge is 0.123 e. The topological polar surface area (TPSA) is 20.2 Å². The average Bonchev–Trinajstić information content (AvgIpc) is 2.92. The molecule has 4 rings (SSSR count). The molecule has 2 atom stereocenters. The number of aryl methyl sites for hydroxylation is 1. The number of aromatic hydroxyl groups is 1. The van der Waals surface area contributed by atoms with Gasteiger partial charge in [0.05, 0.1) is 0 Å². The van der Waals surface area contributed by atoms with Crippen molar-refractivity contribution in [3.05, 3.63) is 51.1 Å². The SMILES string of the molecule is Cc1cc(C(C)(C)C)c(O)c(C2C3=CCCCC3C3=C2CCCC3)c1C.[Ti]. The van der Waals surface area contributed by atoms with Gasteiger partial charge in [0, 0.05) is 39.1 Å². The first-order valence-electron chi connectivity index (χ1n) is 10.6. The van der Waals surface area contributed by atoms with Gasteiger partial charge in [-0.2, -0.15) is 0 Å². The van der Waals surface area contributed by atoms with Crippen molar-refractivity contribution in [3.63, 3.8) is 0 Å². The van der Waals surface area contributed by atoms with Crippen LogP contribution in [0.4, 0.5) is 0 Å². The Kier molecular flexibility index (Phi) is 5.86. The van der Waals surface area contributed by atoms with E-state index in [9.17, 15) is 5.11 Å². The first-order valence-corrected chi connectivity index (χ1v) is 10.6. The minimum atomic E-state index is -0.0416. The second-order valence-corrected chi connectivity index (χ2v) is 9.76. The molecule has 0 fully saturated rings. The molecule has 1 nitrogen and oxygen atoms in total. The van der Waals surface area contributed by atoms with Crippen LogP contribution < -0.4 is 0 Å². The van der Waals surface area contributed by atoms with E-state index in [2.05, 4.69) is 46.8 Å². The Labute approximate surface area is 180 Å². The predicted molar refractivity (Wildman–Crippen MR) is 110 cm³/mol. The molecule has 0 spiro atoms. The maximum atomic E-state index is 11.4. The van der Waals surface area contributed by atoms with E-state index < -0.39 is 0 Å². The fourth-order valence-electron chi connectivity index (χ4n) is 5.67. The zero-order valence-electron chi connectivity index (χ0n) is 17.7. The van der Waals surface area contributed by atoms with E-state index in [0.29, 0.717) is 17.6 Å². The Hall–Kier alpha value is -0.786. The third kappa shape index (κ3) is 3.40. The summed E-state index contributed by atoms with van der Waals surface area (Å²) in [7, 11) is 0. The summed E-state index contributed by atoms with van der Waals surface area (Å²) in [5, 5.41) is 11.4. The second kappa shape index (κ2) is 7.56. The van der Waals surface area contributed by atoms with Crippen LogP contribution >= 0.6 is 0 Å². The van der Waals surface area contributed by atoms with E-state index in [1.165, 1.54) is 61.6 Å². The molecule has 0 aromatic heterocycles. The number of fused-ring (bicyclic) bond motifs is 2. The third-order valence-corrected chi connectivity index (χ3v) is 7.10. The molecule has 0 saturated heterocycles. The number of hydrogen-bond donors (Lipinski definition) is 1. The van der Waals surface area contributed by atoms with Crippen LogP contribution in [0, 0.1) is 19.8 Å². The van der Waals surface area contributed by atoms with E-state index in [1.54, 1.807) is 16.7 Å². The van der Waals surface area contributed by atoms with Crippen LogP contribution in [0.1, 0.15) is 93.9 Å². The Balaban J connectivity index is 0.00000210. The van der Waals surface area contributed by atoms with Gasteiger partial charge in [-0.1, -0.05) is 49.6 Å². The summed E-state index contributed by atoms with van der Waals surface area (Å²) in [5.41, 5.74) is 9.93. The van der Waals surface area contributed by atoms with Crippen LogP contribution in [-0.2, 0) is 27.1 Å². The minimum Gasteiger partial charge on any atom is -0.507 e. The quantitative estimate of drug-likeness (QED) is 0.399. The molecule has 1 aromatic rings. The van der Waals surface area contributed by atoms with E-state index in [-0.39, 0.29) is 27.1 Å². The Morgan fingerprint density at radius 1 is 1.00 bits per heavy atom. The minimum absolute atomic E-state index is 0.